The molecule has 1 saturated carbocycles. The number of benzene rings is 1. The standard InChI is InChI=1S/C15H16ClN3O2/c16-11-8-6-10(7-9-11)14-18-19-15(21-14)13(20)17-12-4-2-1-3-5-12/h6-9,12H,1-5H2,(H,17,20). The van der Waals surface area contributed by atoms with E-state index in [1.54, 1.807) is 24.3 Å². The topological polar surface area (TPSA) is 68.0 Å². The number of aromatic nitrogens is 2. The number of nitrogens with one attached hydrogen (secondary N) is 1. The van der Waals surface area contributed by atoms with Gasteiger partial charge in [0.05, 0.1) is 0 Å². The highest BCUT2D eigenvalue weighted by Gasteiger charge is 2.21. The van der Waals surface area contributed by atoms with Crippen molar-refractivity contribution < 1.29 is 9.21 Å². The molecule has 1 aromatic carbocycles. The van der Waals surface area contributed by atoms with Crippen molar-refractivity contribution in [3.63, 3.8) is 0 Å². The van der Waals surface area contributed by atoms with Crippen LogP contribution in [0, 0.1) is 0 Å². The van der Waals surface area contributed by atoms with E-state index in [4.69, 9.17) is 16.0 Å². The highest BCUT2D eigenvalue weighted by molar-refractivity contribution is 6.30. The predicted octanol–water partition coefficient (Wildman–Crippen LogP) is 3.45. The quantitative estimate of drug-likeness (QED) is 0.943. The molecule has 0 spiro atoms. The van der Waals surface area contributed by atoms with E-state index >= 15 is 0 Å². The first-order chi connectivity index (χ1) is 10.2. The molecule has 0 aliphatic heterocycles. The van der Waals surface area contributed by atoms with Gasteiger partial charge in [0.1, 0.15) is 0 Å². The molecule has 0 unspecified atom stereocenters. The maximum absolute atomic E-state index is 12.1. The maximum atomic E-state index is 12.1. The molecule has 0 saturated heterocycles. The van der Waals surface area contributed by atoms with Gasteiger partial charge in [-0.25, -0.2) is 0 Å². The second-order valence-electron chi connectivity index (χ2n) is 5.23. The lowest BCUT2D eigenvalue weighted by Gasteiger charge is -2.21. The van der Waals surface area contributed by atoms with E-state index in [1.165, 1.54) is 6.42 Å². The number of rotatable bonds is 3. The average Bonchev–Trinajstić information content (AvgIpc) is 2.99. The van der Waals surface area contributed by atoms with E-state index in [0.29, 0.717) is 10.9 Å². The van der Waals surface area contributed by atoms with Gasteiger partial charge in [0.25, 0.3) is 0 Å². The third-order valence-corrected chi connectivity index (χ3v) is 3.90. The zero-order valence-corrected chi connectivity index (χ0v) is 12.3. The number of nitrogens with zero attached hydrogens (tertiary/aromatic N) is 2. The lowest BCUT2D eigenvalue weighted by atomic mass is 9.95. The van der Waals surface area contributed by atoms with Crippen LogP contribution in [0.3, 0.4) is 0 Å². The molecule has 0 bridgehead atoms. The Labute approximate surface area is 127 Å². The molecule has 1 aliphatic carbocycles. The highest BCUT2D eigenvalue weighted by atomic mass is 35.5. The van der Waals surface area contributed by atoms with Crippen LogP contribution in [0.5, 0.6) is 0 Å². The number of halogens is 1. The summed E-state index contributed by atoms with van der Waals surface area (Å²) in [5.41, 5.74) is 0.739. The van der Waals surface area contributed by atoms with E-state index in [1.807, 2.05) is 0 Å². The minimum absolute atomic E-state index is 0.00511. The van der Waals surface area contributed by atoms with Crippen LogP contribution in [0.25, 0.3) is 11.5 Å². The largest absolute Gasteiger partial charge is 0.412 e. The van der Waals surface area contributed by atoms with Gasteiger partial charge in [-0.05, 0) is 37.1 Å². The second-order valence-corrected chi connectivity index (χ2v) is 5.66. The van der Waals surface area contributed by atoms with Gasteiger partial charge in [-0.15, -0.1) is 10.2 Å². The molecule has 5 nitrogen and oxygen atoms in total. The summed E-state index contributed by atoms with van der Waals surface area (Å²) in [6, 6.07) is 7.25. The Bertz CT molecular complexity index is 618. The van der Waals surface area contributed by atoms with Crippen LogP contribution < -0.4 is 5.32 Å². The van der Waals surface area contributed by atoms with Gasteiger partial charge in [-0.2, -0.15) is 0 Å². The van der Waals surface area contributed by atoms with Crippen LogP contribution >= 0.6 is 11.6 Å². The van der Waals surface area contributed by atoms with Crippen molar-refractivity contribution in [1.82, 2.24) is 15.5 Å². The molecule has 1 N–H and O–H groups in total. The summed E-state index contributed by atoms with van der Waals surface area (Å²) < 4.78 is 5.44. The van der Waals surface area contributed by atoms with Crippen LogP contribution in [-0.4, -0.2) is 22.1 Å². The second kappa shape index (κ2) is 6.26. The molecular formula is C15H16ClN3O2. The van der Waals surface area contributed by atoms with Crippen molar-refractivity contribution in [3.8, 4) is 11.5 Å². The summed E-state index contributed by atoms with van der Waals surface area (Å²) in [7, 11) is 0. The normalized spacial score (nSPS) is 15.9. The molecule has 1 aromatic heterocycles. The molecule has 1 aliphatic rings. The molecule has 3 rings (SSSR count). The van der Waals surface area contributed by atoms with Crippen molar-refractivity contribution in [2.75, 3.05) is 0 Å². The fourth-order valence-corrected chi connectivity index (χ4v) is 2.64. The Kier molecular flexibility index (Phi) is 4.20. The lowest BCUT2D eigenvalue weighted by Crippen LogP contribution is -2.36. The molecule has 6 heteroatoms. The first-order valence-corrected chi connectivity index (χ1v) is 7.50. The van der Waals surface area contributed by atoms with Crippen LogP contribution in [0.4, 0.5) is 0 Å². The van der Waals surface area contributed by atoms with Gasteiger partial charge in [0.15, 0.2) is 0 Å². The number of carbonyl (C=O) groups is 1. The monoisotopic (exact) mass is 305 g/mol. The average molecular weight is 306 g/mol. The maximum Gasteiger partial charge on any atom is 0.309 e. The Hall–Kier alpha value is -1.88. The van der Waals surface area contributed by atoms with E-state index < -0.39 is 0 Å². The third-order valence-electron chi connectivity index (χ3n) is 3.65. The van der Waals surface area contributed by atoms with E-state index in [9.17, 15) is 4.79 Å². The smallest absolute Gasteiger partial charge is 0.309 e. The third kappa shape index (κ3) is 3.42. The van der Waals surface area contributed by atoms with Crippen molar-refractivity contribution in [1.29, 1.82) is 0 Å². The Morgan fingerprint density at radius 2 is 1.86 bits per heavy atom. The highest BCUT2D eigenvalue weighted by Crippen LogP contribution is 2.21. The molecular weight excluding hydrogens is 290 g/mol. The van der Waals surface area contributed by atoms with E-state index in [0.717, 1.165) is 31.2 Å². The summed E-state index contributed by atoms with van der Waals surface area (Å²) in [6.45, 7) is 0. The van der Waals surface area contributed by atoms with Gasteiger partial charge in [-0.1, -0.05) is 30.9 Å². The lowest BCUT2D eigenvalue weighted by molar-refractivity contribution is 0.0893. The van der Waals surface area contributed by atoms with Gasteiger partial charge < -0.3 is 9.73 Å². The fraction of sp³-hybridized carbons (Fsp3) is 0.400. The summed E-state index contributed by atoms with van der Waals surface area (Å²) >= 11 is 5.83. The summed E-state index contributed by atoms with van der Waals surface area (Å²) in [5.74, 6) is 0.0283. The number of hydrogen-bond donors (Lipinski definition) is 1. The van der Waals surface area contributed by atoms with Crippen LogP contribution in [0.2, 0.25) is 5.02 Å². The van der Waals surface area contributed by atoms with Crippen molar-refractivity contribution >= 4 is 17.5 Å². The van der Waals surface area contributed by atoms with E-state index in [-0.39, 0.29) is 17.8 Å². The molecule has 110 valence electrons. The van der Waals surface area contributed by atoms with Crippen molar-refractivity contribution in [3.05, 3.63) is 35.2 Å². The first kappa shape index (κ1) is 14.1. The number of carbonyl (C=O) groups excluding carboxylic acids is 1. The van der Waals surface area contributed by atoms with Crippen LogP contribution in [0.1, 0.15) is 42.8 Å². The zero-order valence-electron chi connectivity index (χ0n) is 11.5. The summed E-state index contributed by atoms with van der Waals surface area (Å²) in [6.07, 6.45) is 5.59. The van der Waals surface area contributed by atoms with Crippen LogP contribution in [0.15, 0.2) is 28.7 Å². The molecule has 1 heterocycles. The minimum atomic E-state index is -0.297. The Morgan fingerprint density at radius 3 is 2.57 bits per heavy atom. The SMILES string of the molecule is O=C(NC1CCCCC1)c1nnc(-c2ccc(Cl)cc2)o1. The summed E-state index contributed by atoms with van der Waals surface area (Å²) in [5, 5.41) is 11.3. The molecule has 2 aromatic rings. The Balaban J connectivity index is 1.69. The van der Waals surface area contributed by atoms with Crippen LogP contribution in [-0.2, 0) is 0 Å². The number of amides is 1. The van der Waals surface area contributed by atoms with E-state index in [2.05, 4.69) is 15.5 Å². The van der Waals surface area contributed by atoms with Crippen molar-refractivity contribution in [2.24, 2.45) is 0 Å². The Morgan fingerprint density at radius 1 is 1.14 bits per heavy atom. The minimum Gasteiger partial charge on any atom is -0.412 e. The molecule has 0 atom stereocenters. The zero-order chi connectivity index (χ0) is 14.7. The molecule has 21 heavy (non-hydrogen) atoms. The van der Waals surface area contributed by atoms with Gasteiger partial charge in [0, 0.05) is 16.6 Å². The molecule has 0 radical (unpaired) electrons. The first-order valence-electron chi connectivity index (χ1n) is 7.13. The van der Waals surface area contributed by atoms with Crippen molar-refractivity contribution in [2.45, 2.75) is 38.1 Å². The predicted molar refractivity (Wildman–Crippen MR) is 79.1 cm³/mol. The summed E-state index contributed by atoms with van der Waals surface area (Å²) in [4.78, 5) is 12.1. The molecule has 1 amide bonds. The van der Waals surface area contributed by atoms with Gasteiger partial charge >= 0.3 is 11.8 Å². The van der Waals surface area contributed by atoms with Gasteiger partial charge in [0.2, 0.25) is 5.89 Å². The fourth-order valence-electron chi connectivity index (χ4n) is 2.52. The van der Waals surface area contributed by atoms with Gasteiger partial charge in [-0.3, -0.25) is 4.79 Å². The molecule has 1 fully saturated rings. The number of hydrogen-bond acceptors (Lipinski definition) is 4.